The van der Waals surface area contributed by atoms with E-state index >= 15 is 0 Å². The number of aromatic nitrogens is 1. The number of rotatable bonds is 3. The lowest BCUT2D eigenvalue weighted by Crippen LogP contribution is -2.09. The van der Waals surface area contributed by atoms with E-state index in [1.165, 1.54) is 13.1 Å². The highest BCUT2D eigenvalue weighted by Crippen LogP contribution is 2.23. The second-order valence-electron chi connectivity index (χ2n) is 4.65. The summed E-state index contributed by atoms with van der Waals surface area (Å²) in [5, 5.41) is 4.05. The van der Waals surface area contributed by atoms with E-state index in [0.717, 1.165) is 28.1 Å². The van der Waals surface area contributed by atoms with Crippen molar-refractivity contribution in [1.82, 2.24) is 4.98 Å². The molecule has 3 aromatic rings. The van der Waals surface area contributed by atoms with E-state index < -0.39 is 0 Å². The number of hydrogen-bond acceptors (Lipinski definition) is 5. The minimum Gasteiger partial charge on any atom is -0.461 e. The molecular formula is C15H12N2O3S. The molecule has 1 amide bonds. The van der Waals surface area contributed by atoms with Gasteiger partial charge in [-0.05, 0) is 31.2 Å². The van der Waals surface area contributed by atoms with Crippen LogP contribution in [0, 0.1) is 6.92 Å². The number of carbonyl (C=O) groups is 2. The van der Waals surface area contributed by atoms with Gasteiger partial charge in [-0.2, -0.15) is 0 Å². The number of amides is 1. The molecule has 0 unspecified atom stereocenters. The van der Waals surface area contributed by atoms with Crippen LogP contribution in [0.15, 0.2) is 34.9 Å². The molecule has 2 heterocycles. The molecule has 6 heteroatoms. The first-order valence-corrected chi connectivity index (χ1v) is 7.13. The van der Waals surface area contributed by atoms with E-state index in [1.807, 2.05) is 25.1 Å². The number of Topliss-reactive ketones (excluding diaryl/α,β-unsaturated/α-hetero) is 1. The Balaban J connectivity index is 1.83. The lowest BCUT2D eigenvalue weighted by atomic mass is 10.2. The number of furan rings is 1. The summed E-state index contributed by atoms with van der Waals surface area (Å²) in [6.07, 6.45) is 1.41. The Hall–Kier alpha value is -2.47. The number of ketones is 1. The number of carbonyl (C=O) groups excluding carboxylic acids is 2. The molecule has 0 aliphatic heterocycles. The minimum absolute atomic E-state index is 0.144. The first kappa shape index (κ1) is 13.5. The predicted octanol–water partition coefficient (Wildman–Crippen LogP) is 3.65. The fourth-order valence-electron chi connectivity index (χ4n) is 1.99. The first-order valence-electron chi connectivity index (χ1n) is 6.31. The molecular weight excluding hydrogens is 288 g/mol. The van der Waals surface area contributed by atoms with Crippen LogP contribution < -0.4 is 5.32 Å². The molecule has 0 aliphatic rings. The summed E-state index contributed by atoms with van der Waals surface area (Å²) in [6, 6.07) is 7.34. The highest BCUT2D eigenvalue weighted by Gasteiger charge is 2.13. The number of fused-ring (bicyclic) bond motifs is 1. The molecule has 0 bridgehead atoms. The summed E-state index contributed by atoms with van der Waals surface area (Å²) in [4.78, 5) is 27.6. The van der Waals surface area contributed by atoms with Gasteiger partial charge in [-0.15, -0.1) is 11.3 Å². The van der Waals surface area contributed by atoms with Crippen LogP contribution >= 0.6 is 11.3 Å². The van der Waals surface area contributed by atoms with Gasteiger partial charge in [-0.25, -0.2) is 4.98 Å². The lowest BCUT2D eigenvalue weighted by molar-refractivity contribution is 0.101. The Bertz CT molecular complexity index is 848. The number of aryl methyl sites for hydroxylation is 1. The zero-order chi connectivity index (χ0) is 15.0. The normalized spacial score (nSPS) is 10.8. The zero-order valence-corrected chi connectivity index (χ0v) is 12.3. The van der Waals surface area contributed by atoms with Gasteiger partial charge < -0.3 is 9.73 Å². The number of thiazole rings is 1. The van der Waals surface area contributed by atoms with Crippen LogP contribution in [0.3, 0.4) is 0 Å². The van der Waals surface area contributed by atoms with Crippen LogP contribution in [0.1, 0.15) is 32.2 Å². The maximum Gasteiger partial charge on any atom is 0.267 e. The van der Waals surface area contributed by atoms with E-state index in [2.05, 4.69) is 10.3 Å². The second-order valence-corrected chi connectivity index (χ2v) is 5.68. The van der Waals surface area contributed by atoms with Gasteiger partial charge in [0.1, 0.15) is 16.2 Å². The van der Waals surface area contributed by atoms with Gasteiger partial charge in [0.25, 0.3) is 5.91 Å². The summed E-state index contributed by atoms with van der Waals surface area (Å²) in [6.45, 7) is 3.30. The molecule has 0 saturated heterocycles. The Morgan fingerprint density at radius 3 is 2.81 bits per heavy atom. The molecule has 106 valence electrons. The Labute approximate surface area is 124 Å². The van der Waals surface area contributed by atoms with Crippen molar-refractivity contribution in [3.63, 3.8) is 0 Å². The fraction of sp³-hybridized carbons (Fsp3) is 0.133. The number of nitrogens with one attached hydrogen (secondary N) is 1. The van der Waals surface area contributed by atoms with Gasteiger partial charge in [0.15, 0.2) is 10.8 Å². The van der Waals surface area contributed by atoms with E-state index in [1.54, 1.807) is 6.07 Å². The second kappa shape index (κ2) is 5.14. The van der Waals surface area contributed by atoms with Crippen molar-refractivity contribution in [2.75, 3.05) is 5.32 Å². The summed E-state index contributed by atoms with van der Waals surface area (Å²) in [5.41, 5.74) is 1.45. The van der Waals surface area contributed by atoms with Gasteiger partial charge in [0.2, 0.25) is 0 Å². The number of anilines is 1. The zero-order valence-electron chi connectivity index (χ0n) is 11.5. The molecule has 1 N–H and O–H groups in total. The smallest absolute Gasteiger partial charge is 0.267 e. The SMILES string of the molecule is CC(=O)c1ncc(C(=O)Nc2ccc3oc(C)cc3c2)s1. The van der Waals surface area contributed by atoms with Gasteiger partial charge in [0, 0.05) is 18.0 Å². The van der Waals surface area contributed by atoms with Gasteiger partial charge in [-0.3, -0.25) is 9.59 Å². The van der Waals surface area contributed by atoms with Crippen molar-refractivity contribution < 1.29 is 14.0 Å². The predicted molar refractivity (Wildman–Crippen MR) is 81.0 cm³/mol. The van der Waals surface area contributed by atoms with E-state index in [0.29, 0.717) is 15.6 Å². The fourth-order valence-corrected chi connectivity index (χ4v) is 2.69. The monoisotopic (exact) mass is 300 g/mol. The molecule has 0 fully saturated rings. The summed E-state index contributed by atoms with van der Waals surface area (Å²) >= 11 is 1.08. The third-order valence-electron chi connectivity index (χ3n) is 2.93. The molecule has 0 spiro atoms. The highest BCUT2D eigenvalue weighted by atomic mass is 32.1. The largest absolute Gasteiger partial charge is 0.461 e. The van der Waals surface area contributed by atoms with Crippen molar-refractivity contribution in [2.45, 2.75) is 13.8 Å². The summed E-state index contributed by atoms with van der Waals surface area (Å²) < 4.78 is 5.48. The first-order chi connectivity index (χ1) is 10.0. The molecule has 1 aromatic carbocycles. The van der Waals surface area contributed by atoms with Gasteiger partial charge >= 0.3 is 0 Å². The maximum absolute atomic E-state index is 12.1. The van der Waals surface area contributed by atoms with E-state index in [9.17, 15) is 9.59 Å². The highest BCUT2D eigenvalue weighted by molar-refractivity contribution is 7.15. The van der Waals surface area contributed by atoms with E-state index in [4.69, 9.17) is 4.42 Å². The molecule has 21 heavy (non-hydrogen) atoms. The van der Waals surface area contributed by atoms with Crippen LogP contribution in [0.4, 0.5) is 5.69 Å². The summed E-state index contributed by atoms with van der Waals surface area (Å²) in [7, 11) is 0. The van der Waals surface area contributed by atoms with E-state index in [-0.39, 0.29) is 11.7 Å². The standard InChI is InChI=1S/C15H12N2O3S/c1-8-5-10-6-11(3-4-12(10)20-8)17-14(19)13-7-16-15(21-13)9(2)18/h3-7H,1-2H3,(H,17,19). The number of hydrogen-bond donors (Lipinski definition) is 1. The van der Waals surface area contributed by atoms with Gasteiger partial charge in [-0.1, -0.05) is 0 Å². The topological polar surface area (TPSA) is 72.2 Å². The molecule has 0 saturated carbocycles. The molecule has 2 aromatic heterocycles. The van der Waals surface area contributed by atoms with Crippen molar-refractivity contribution in [3.8, 4) is 0 Å². The summed E-state index contributed by atoms with van der Waals surface area (Å²) in [5.74, 6) is 0.399. The number of nitrogens with zero attached hydrogens (tertiary/aromatic N) is 1. The van der Waals surface area contributed by atoms with Crippen molar-refractivity contribution in [3.05, 3.63) is 46.1 Å². The molecule has 5 nitrogen and oxygen atoms in total. The minimum atomic E-state index is -0.278. The molecule has 0 aliphatic carbocycles. The van der Waals surface area contributed by atoms with Crippen molar-refractivity contribution in [2.24, 2.45) is 0 Å². The quantitative estimate of drug-likeness (QED) is 0.749. The number of benzene rings is 1. The average Bonchev–Trinajstić information content (AvgIpc) is 3.03. The molecule has 0 atom stereocenters. The Morgan fingerprint density at radius 2 is 2.10 bits per heavy atom. The van der Waals surface area contributed by atoms with Gasteiger partial charge in [0.05, 0.1) is 6.20 Å². The average molecular weight is 300 g/mol. The lowest BCUT2D eigenvalue weighted by Gasteiger charge is -2.02. The van der Waals surface area contributed by atoms with Crippen molar-refractivity contribution >= 4 is 39.7 Å². The molecule has 0 radical (unpaired) electrons. The van der Waals surface area contributed by atoms with Crippen LogP contribution in [-0.2, 0) is 0 Å². The maximum atomic E-state index is 12.1. The van der Waals surface area contributed by atoms with Crippen LogP contribution in [0.2, 0.25) is 0 Å². The Kier molecular flexibility index (Phi) is 3.31. The van der Waals surface area contributed by atoms with Crippen molar-refractivity contribution in [1.29, 1.82) is 0 Å². The van der Waals surface area contributed by atoms with Crippen LogP contribution in [0.5, 0.6) is 0 Å². The van der Waals surface area contributed by atoms with Crippen LogP contribution in [-0.4, -0.2) is 16.7 Å². The Morgan fingerprint density at radius 1 is 1.29 bits per heavy atom. The molecule has 3 rings (SSSR count). The third-order valence-corrected chi connectivity index (χ3v) is 4.02. The third kappa shape index (κ3) is 2.71. The van der Waals surface area contributed by atoms with Crippen LogP contribution in [0.25, 0.3) is 11.0 Å².